The van der Waals surface area contributed by atoms with Gasteiger partial charge in [-0.3, -0.25) is 9.59 Å². The predicted molar refractivity (Wildman–Crippen MR) is 180 cm³/mol. The number of esters is 1. The second-order valence-electron chi connectivity index (χ2n) is 11.4. The monoisotopic (exact) mass is 672 g/mol. The fraction of sp³-hybridized carbons (Fsp3) is 0.263. The van der Waals surface area contributed by atoms with Crippen molar-refractivity contribution in [1.82, 2.24) is 5.32 Å². The van der Waals surface area contributed by atoms with Crippen LogP contribution in [-0.4, -0.2) is 41.5 Å². The van der Waals surface area contributed by atoms with Crippen molar-refractivity contribution in [2.45, 2.75) is 57.9 Å². The van der Waals surface area contributed by atoms with Gasteiger partial charge in [0.05, 0.1) is 18.6 Å². The standard InChI is InChI=1S/C38H38F2N2O7/c1-2-3-4-5-6-21-48-31-19-12-27(13-20-31)38(47)49-32-17-7-25(8-18-32)22-34(37(45)46)42-36(44)26-10-15-30(16-11-26)41-35(43)23-28-9-14-29(39)24-33(28)40/h7-20,24,34H,2-6,21-23H2,1H3,(H,41,43)(H,42,44)(H,45,46)/t34-/m0/s1. The Hall–Kier alpha value is -5.58. The molecule has 0 saturated carbocycles. The van der Waals surface area contributed by atoms with Crippen LogP contribution in [0.5, 0.6) is 11.5 Å². The zero-order valence-electron chi connectivity index (χ0n) is 27.0. The van der Waals surface area contributed by atoms with E-state index < -0.39 is 41.4 Å². The number of ether oxygens (including phenoxy) is 2. The van der Waals surface area contributed by atoms with Gasteiger partial charge in [-0.15, -0.1) is 0 Å². The number of amides is 2. The summed E-state index contributed by atoms with van der Waals surface area (Å²) in [5.74, 6) is -3.62. The molecule has 0 aliphatic carbocycles. The molecule has 1 atom stereocenters. The number of benzene rings is 4. The number of rotatable bonds is 17. The number of carboxylic acids is 1. The van der Waals surface area contributed by atoms with Crippen LogP contribution in [0.15, 0.2) is 91.0 Å². The van der Waals surface area contributed by atoms with E-state index in [0.717, 1.165) is 18.9 Å². The lowest BCUT2D eigenvalue weighted by Gasteiger charge is -2.15. The highest BCUT2D eigenvalue weighted by molar-refractivity contribution is 5.98. The van der Waals surface area contributed by atoms with E-state index in [-0.39, 0.29) is 29.7 Å². The van der Waals surface area contributed by atoms with E-state index in [1.54, 1.807) is 48.5 Å². The van der Waals surface area contributed by atoms with Gasteiger partial charge < -0.3 is 25.2 Å². The Morgan fingerprint density at radius 2 is 1.43 bits per heavy atom. The highest BCUT2D eigenvalue weighted by atomic mass is 19.1. The lowest BCUT2D eigenvalue weighted by Crippen LogP contribution is -2.42. The lowest BCUT2D eigenvalue weighted by atomic mass is 10.0. The zero-order chi connectivity index (χ0) is 35.2. The molecule has 4 rings (SSSR count). The molecule has 0 spiro atoms. The summed E-state index contributed by atoms with van der Waals surface area (Å²) in [5.41, 5.74) is 1.44. The molecule has 256 valence electrons. The summed E-state index contributed by atoms with van der Waals surface area (Å²) < 4.78 is 38.1. The molecule has 0 aliphatic heterocycles. The van der Waals surface area contributed by atoms with Gasteiger partial charge in [-0.1, -0.05) is 50.8 Å². The van der Waals surface area contributed by atoms with Crippen molar-refractivity contribution in [3.63, 3.8) is 0 Å². The summed E-state index contributed by atoms with van der Waals surface area (Å²) in [7, 11) is 0. The largest absolute Gasteiger partial charge is 0.494 e. The van der Waals surface area contributed by atoms with Gasteiger partial charge in [0.1, 0.15) is 29.2 Å². The van der Waals surface area contributed by atoms with Crippen molar-refractivity contribution in [1.29, 1.82) is 0 Å². The Balaban J connectivity index is 1.25. The maximum Gasteiger partial charge on any atom is 0.343 e. The molecule has 11 heteroatoms. The smallest absolute Gasteiger partial charge is 0.343 e. The first-order chi connectivity index (χ1) is 23.6. The molecule has 9 nitrogen and oxygen atoms in total. The van der Waals surface area contributed by atoms with Crippen LogP contribution in [0.2, 0.25) is 0 Å². The molecule has 0 bridgehead atoms. The molecule has 0 aliphatic rings. The molecule has 2 amide bonds. The summed E-state index contributed by atoms with van der Waals surface area (Å²) in [6.45, 7) is 2.79. The van der Waals surface area contributed by atoms with Gasteiger partial charge in [0.15, 0.2) is 0 Å². The molecule has 0 radical (unpaired) electrons. The van der Waals surface area contributed by atoms with Gasteiger partial charge in [-0.25, -0.2) is 18.4 Å². The van der Waals surface area contributed by atoms with Gasteiger partial charge in [-0.05, 0) is 84.3 Å². The van der Waals surface area contributed by atoms with Crippen LogP contribution in [0.25, 0.3) is 0 Å². The van der Waals surface area contributed by atoms with Gasteiger partial charge in [0, 0.05) is 23.7 Å². The van der Waals surface area contributed by atoms with Crippen molar-refractivity contribution in [2.24, 2.45) is 0 Å². The summed E-state index contributed by atoms with van der Waals surface area (Å²) >= 11 is 0. The lowest BCUT2D eigenvalue weighted by molar-refractivity contribution is -0.139. The number of carbonyl (C=O) groups excluding carboxylic acids is 3. The van der Waals surface area contributed by atoms with Crippen LogP contribution in [0.1, 0.15) is 70.9 Å². The summed E-state index contributed by atoms with van der Waals surface area (Å²) in [6.07, 6.45) is 5.34. The predicted octanol–water partition coefficient (Wildman–Crippen LogP) is 7.14. The normalized spacial score (nSPS) is 11.3. The number of unbranched alkanes of at least 4 members (excludes halogenated alkanes) is 4. The van der Waals surface area contributed by atoms with E-state index in [0.29, 0.717) is 35.2 Å². The minimum atomic E-state index is -1.26. The first-order valence-electron chi connectivity index (χ1n) is 16.0. The van der Waals surface area contributed by atoms with Gasteiger partial charge in [0.2, 0.25) is 5.91 Å². The number of halogens is 2. The van der Waals surface area contributed by atoms with Crippen molar-refractivity contribution < 1.29 is 42.5 Å². The van der Waals surface area contributed by atoms with Crippen molar-refractivity contribution in [3.05, 3.63) is 125 Å². The van der Waals surface area contributed by atoms with Crippen LogP contribution in [-0.2, 0) is 22.4 Å². The van der Waals surface area contributed by atoms with Crippen molar-refractivity contribution >= 4 is 29.4 Å². The fourth-order valence-corrected chi connectivity index (χ4v) is 4.87. The molecule has 0 aromatic heterocycles. The molecular formula is C38H38F2N2O7. The molecule has 3 N–H and O–H groups in total. The van der Waals surface area contributed by atoms with E-state index >= 15 is 0 Å². The van der Waals surface area contributed by atoms with Gasteiger partial charge in [-0.2, -0.15) is 0 Å². The minimum Gasteiger partial charge on any atom is -0.494 e. The number of hydrogen-bond donors (Lipinski definition) is 3. The van der Waals surface area contributed by atoms with E-state index in [4.69, 9.17) is 9.47 Å². The van der Waals surface area contributed by atoms with Crippen molar-refractivity contribution in [2.75, 3.05) is 11.9 Å². The van der Waals surface area contributed by atoms with E-state index in [2.05, 4.69) is 17.6 Å². The molecule has 0 unspecified atom stereocenters. The van der Waals surface area contributed by atoms with Crippen LogP contribution in [0, 0.1) is 11.6 Å². The second-order valence-corrected chi connectivity index (χ2v) is 11.4. The maximum atomic E-state index is 13.8. The SMILES string of the molecule is CCCCCCCOc1ccc(C(=O)Oc2ccc(C[C@H](NC(=O)c3ccc(NC(=O)Cc4ccc(F)cc4F)cc3)C(=O)O)cc2)cc1. The number of aliphatic carboxylic acids is 1. The van der Waals surface area contributed by atoms with Gasteiger partial charge >= 0.3 is 11.9 Å². The molecule has 0 fully saturated rings. The zero-order valence-corrected chi connectivity index (χ0v) is 27.0. The van der Waals surface area contributed by atoms with E-state index in [1.165, 1.54) is 49.6 Å². The van der Waals surface area contributed by atoms with Crippen LogP contribution in [0.3, 0.4) is 0 Å². The Bertz CT molecular complexity index is 1730. The van der Waals surface area contributed by atoms with E-state index in [1.807, 2.05) is 0 Å². The summed E-state index contributed by atoms with van der Waals surface area (Å²) in [4.78, 5) is 49.7. The topological polar surface area (TPSA) is 131 Å². The minimum absolute atomic E-state index is 0.0283. The Kier molecular flexibility index (Phi) is 13.4. The number of nitrogens with one attached hydrogen (secondary N) is 2. The fourth-order valence-electron chi connectivity index (χ4n) is 4.87. The van der Waals surface area contributed by atoms with Gasteiger partial charge in [0.25, 0.3) is 5.91 Å². The van der Waals surface area contributed by atoms with Crippen LogP contribution < -0.4 is 20.1 Å². The summed E-state index contributed by atoms with van der Waals surface area (Å²) in [6, 6.07) is 20.4. The molecule has 49 heavy (non-hydrogen) atoms. The molecule has 4 aromatic carbocycles. The Morgan fingerprint density at radius 1 is 0.776 bits per heavy atom. The highest BCUT2D eigenvalue weighted by Gasteiger charge is 2.22. The van der Waals surface area contributed by atoms with Crippen LogP contribution in [0.4, 0.5) is 14.5 Å². The Morgan fingerprint density at radius 3 is 2.08 bits per heavy atom. The third kappa shape index (κ3) is 11.6. The average Bonchev–Trinajstić information content (AvgIpc) is 3.08. The number of anilines is 1. The Labute approximate surface area is 283 Å². The third-order valence-electron chi connectivity index (χ3n) is 7.58. The molecule has 0 saturated heterocycles. The first kappa shape index (κ1) is 36.3. The second kappa shape index (κ2) is 18.1. The number of hydrogen-bond acceptors (Lipinski definition) is 6. The first-order valence-corrected chi connectivity index (χ1v) is 16.0. The maximum absolute atomic E-state index is 13.8. The third-order valence-corrected chi connectivity index (χ3v) is 7.58. The average molecular weight is 673 g/mol. The molecule has 4 aromatic rings. The number of carboxylic acid groups (broad SMARTS) is 1. The van der Waals surface area contributed by atoms with Crippen molar-refractivity contribution in [3.8, 4) is 11.5 Å². The quantitative estimate of drug-likeness (QED) is 0.0618. The molecule has 0 heterocycles. The summed E-state index contributed by atoms with van der Waals surface area (Å²) in [5, 5.41) is 14.8. The van der Waals surface area contributed by atoms with Crippen LogP contribution >= 0.6 is 0 Å². The number of carbonyl (C=O) groups is 4. The molecular weight excluding hydrogens is 634 g/mol. The van der Waals surface area contributed by atoms with E-state index in [9.17, 15) is 33.1 Å². The highest BCUT2D eigenvalue weighted by Crippen LogP contribution is 2.19.